The molecule has 0 aromatic rings. The summed E-state index contributed by atoms with van der Waals surface area (Å²) < 4.78 is 0. The van der Waals surface area contributed by atoms with Gasteiger partial charge in [-0.25, -0.2) is 0 Å². The molecule has 0 aliphatic carbocycles. The Morgan fingerprint density at radius 1 is 1.55 bits per heavy atom. The van der Waals surface area contributed by atoms with E-state index >= 15 is 0 Å². The molecule has 0 fully saturated rings. The number of hydrogen-bond donors (Lipinski definition) is 2. The molecule has 0 aromatic heterocycles. The van der Waals surface area contributed by atoms with Crippen LogP contribution in [0.3, 0.4) is 0 Å². The molecule has 2 atom stereocenters. The molecule has 0 bridgehead atoms. The number of aliphatic hydroxyl groups is 1. The minimum Gasteiger partial charge on any atom is -0.393 e. The summed E-state index contributed by atoms with van der Waals surface area (Å²) in [5.74, 6) is 0. The lowest BCUT2D eigenvalue weighted by atomic mass is 10.2. The van der Waals surface area contributed by atoms with Crippen LogP contribution in [0.15, 0.2) is 12.7 Å². The largest absolute Gasteiger partial charge is 0.393 e. The molecule has 2 nitrogen and oxygen atoms in total. The van der Waals surface area contributed by atoms with Crippen LogP contribution in [0.2, 0.25) is 0 Å². The van der Waals surface area contributed by atoms with Crippen molar-refractivity contribution in [3.8, 4) is 0 Å². The predicted molar refractivity (Wildman–Crippen MR) is 48.6 cm³/mol. The van der Waals surface area contributed by atoms with Crippen LogP contribution in [0, 0.1) is 0 Å². The molecule has 2 heteroatoms. The summed E-state index contributed by atoms with van der Waals surface area (Å²) in [5.41, 5.74) is 0. The predicted octanol–water partition coefficient (Wildman–Crippen LogP) is 1.31. The summed E-state index contributed by atoms with van der Waals surface area (Å²) in [6.45, 7) is 8.50. The summed E-state index contributed by atoms with van der Waals surface area (Å²) in [6, 6.07) is 0.379. The van der Waals surface area contributed by atoms with Gasteiger partial charge in [-0.1, -0.05) is 6.08 Å². The molecule has 0 aromatic carbocycles. The van der Waals surface area contributed by atoms with Gasteiger partial charge in [0.1, 0.15) is 0 Å². The van der Waals surface area contributed by atoms with E-state index in [0.717, 1.165) is 19.4 Å². The molecule has 2 unspecified atom stereocenters. The highest BCUT2D eigenvalue weighted by Gasteiger charge is 1.96. The molecule has 0 aliphatic heterocycles. The summed E-state index contributed by atoms with van der Waals surface area (Å²) in [4.78, 5) is 0. The molecular formula is C9H19NO. The lowest BCUT2D eigenvalue weighted by Gasteiger charge is -2.09. The first kappa shape index (κ1) is 10.7. The van der Waals surface area contributed by atoms with Crippen molar-refractivity contribution in [1.82, 2.24) is 5.32 Å². The maximum absolute atomic E-state index is 8.93. The summed E-state index contributed by atoms with van der Waals surface area (Å²) in [5, 5.41) is 12.2. The van der Waals surface area contributed by atoms with Gasteiger partial charge in [-0.2, -0.15) is 0 Å². The molecular weight excluding hydrogens is 138 g/mol. The topological polar surface area (TPSA) is 32.3 Å². The quantitative estimate of drug-likeness (QED) is 0.450. The Balaban J connectivity index is 3.07. The third-order valence-electron chi connectivity index (χ3n) is 1.62. The Morgan fingerprint density at radius 2 is 2.18 bits per heavy atom. The summed E-state index contributed by atoms with van der Waals surface area (Å²) >= 11 is 0. The van der Waals surface area contributed by atoms with Gasteiger partial charge in [0.15, 0.2) is 0 Å². The minimum absolute atomic E-state index is 0.171. The van der Waals surface area contributed by atoms with Crippen molar-refractivity contribution in [1.29, 1.82) is 0 Å². The third-order valence-corrected chi connectivity index (χ3v) is 1.62. The van der Waals surface area contributed by atoms with Crippen LogP contribution in [0.25, 0.3) is 0 Å². The van der Waals surface area contributed by atoms with Gasteiger partial charge in [-0.05, 0) is 33.2 Å². The zero-order chi connectivity index (χ0) is 8.69. The van der Waals surface area contributed by atoms with Crippen LogP contribution in [0.5, 0.6) is 0 Å². The van der Waals surface area contributed by atoms with E-state index in [9.17, 15) is 0 Å². The first-order valence-electron chi connectivity index (χ1n) is 4.20. The number of aliphatic hydroxyl groups excluding tert-OH is 1. The lowest BCUT2D eigenvalue weighted by Crippen LogP contribution is -2.25. The number of nitrogens with one attached hydrogen (secondary N) is 1. The second-order valence-electron chi connectivity index (χ2n) is 2.97. The molecule has 0 radical (unpaired) electrons. The van der Waals surface area contributed by atoms with Crippen molar-refractivity contribution in [2.24, 2.45) is 0 Å². The van der Waals surface area contributed by atoms with E-state index in [0.29, 0.717) is 6.04 Å². The minimum atomic E-state index is -0.171. The second-order valence-corrected chi connectivity index (χ2v) is 2.97. The van der Waals surface area contributed by atoms with E-state index in [-0.39, 0.29) is 6.10 Å². The summed E-state index contributed by atoms with van der Waals surface area (Å²) in [6.07, 6.45) is 3.60. The van der Waals surface area contributed by atoms with Crippen molar-refractivity contribution >= 4 is 0 Å². The van der Waals surface area contributed by atoms with Crippen molar-refractivity contribution in [2.75, 3.05) is 6.54 Å². The highest BCUT2D eigenvalue weighted by atomic mass is 16.3. The zero-order valence-electron chi connectivity index (χ0n) is 7.51. The van der Waals surface area contributed by atoms with Gasteiger partial charge in [0.2, 0.25) is 0 Å². The molecule has 0 amide bonds. The van der Waals surface area contributed by atoms with Crippen LogP contribution < -0.4 is 5.32 Å². The van der Waals surface area contributed by atoms with Crippen molar-refractivity contribution in [2.45, 2.75) is 38.8 Å². The van der Waals surface area contributed by atoms with E-state index in [2.05, 4.69) is 18.8 Å². The van der Waals surface area contributed by atoms with Gasteiger partial charge < -0.3 is 10.4 Å². The standard InChI is InChI=1S/C9H19NO/c1-4-8(2)10-7-5-6-9(3)11/h4,8-11H,1,5-7H2,2-3H3. The maximum Gasteiger partial charge on any atom is 0.0512 e. The fourth-order valence-corrected chi connectivity index (χ4v) is 0.811. The van der Waals surface area contributed by atoms with E-state index in [4.69, 9.17) is 5.11 Å². The molecule has 0 aliphatic rings. The average molecular weight is 157 g/mol. The first-order chi connectivity index (χ1) is 5.16. The van der Waals surface area contributed by atoms with Crippen molar-refractivity contribution in [3.63, 3.8) is 0 Å². The van der Waals surface area contributed by atoms with E-state index < -0.39 is 0 Å². The van der Waals surface area contributed by atoms with E-state index in [1.807, 2.05) is 13.0 Å². The van der Waals surface area contributed by atoms with Gasteiger partial charge in [0.25, 0.3) is 0 Å². The first-order valence-corrected chi connectivity index (χ1v) is 4.20. The molecule has 0 saturated heterocycles. The van der Waals surface area contributed by atoms with Crippen molar-refractivity contribution in [3.05, 3.63) is 12.7 Å². The van der Waals surface area contributed by atoms with Gasteiger partial charge in [0.05, 0.1) is 6.10 Å². The Morgan fingerprint density at radius 3 is 2.64 bits per heavy atom. The third kappa shape index (κ3) is 7.56. The van der Waals surface area contributed by atoms with Gasteiger partial charge >= 0.3 is 0 Å². The molecule has 0 rings (SSSR count). The van der Waals surface area contributed by atoms with Gasteiger partial charge in [-0.15, -0.1) is 6.58 Å². The average Bonchev–Trinajstić information content (AvgIpc) is 1.97. The van der Waals surface area contributed by atoms with Gasteiger partial charge in [0, 0.05) is 6.04 Å². The Labute approximate surface area is 69.3 Å². The second kappa shape index (κ2) is 6.38. The molecule has 0 heterocycles. The SMILES string of the molecule is C=CC(C)NCCCC(C)O. The molecule has 2 N–H and O–H groups in total. The highest BCUT2D eigenvalue weighted by molar-refractivity contribution is 4.80. The highest BCUT2D eigenvalue weighted by Crippen LogP contribution is 1.94. The lowest BCUT2D eigenvalue weighted by molar-refractivity contribution is 0.181. The zero-order valence-corrected chi connectivity index (χ0v) is 7.51. The van der Waals surface area contributed by atoms with Crippen molar-refractivity contribution < 1.29 is 5.11 Å². The number of hydrogen-bond acceptors (Lipinski definition) is 2. The maximum atomic E-state index is 8.93. The fourth-order valence-electron chi connectivity index (χ4n) is 0.811. The smallest absolute Gasteiger partial charge is 0.0512 e. The molecule has 11 heavy (non-hydrogen) atoms. The molecule has 0 saturated carbocycles. The Hall–Kier alpha value is -0.340. The van der Waals surface area contributed by atoms with Crippen LogP contribution in [0.1, 0.15) is 26.7 Å². The Kier molecular flexibility index (Phi) is 6.18. The van der Waals surface area contributed by atoms with Crippen LogP contribution >= 0.6 is 0 Å². The monoisotopic (exact) mass is 157 g/mol. The van der Waals surface area contributed by atoms with Gasteiger partial charge in [-0.3, -0.25) is 0 Å². The van der Waals surface area contributed by atoms with Crippen LogP contribution in [0.4, 0.5) is 0 Å². The van der Waals surface area contributed by atoms with Crippen LogP contribution in [-0.2, 0) is 0 Å². The molecule has 0 spiro atoms. The fraction of sp³-hybridized carbons (Fsp3) is 0.778. The van der Waals surface area contributed by atoms with Crippen LogP contribution in [-0.4, -0.2) is 23.8 Å². The van der Waals surface area contributed by atoms with E-state index in [1.54, 1.807) is 0 Å². The summed E-state index contributed by atoms with van der Waals surface area (Å²) in [7, 11) is 0. The van der Waals surface area contributed by atoms with E-state index in [1.165, 1.54) is 0 Å². The molecule has 66 valence electrons. The number of rotatable bonds is 6. The normalized spacial score (nSPS) is 15.9. The Bertz CT molecular complexity index is 102.